The van der Waals surface area contributed by atoms with Crippen LogP contribution in [0.1, 0.15) is 53.1 Å². The van der Waals surface area contributed by atoms with Crippen LogP contribution in [0.2, 0.25) is 0 Å². The van der Waals surface area contributed by atoms with Crippen LogP contribution in [0.25, 0.3) is 0 Å². The van der Waals surface area contributed by atoms with Crippen molar-refractivity contribution in [2.24, 2.45) is 5.92 Å². The quantitative estimate of drug-likeness (QED) is 0.160. The van der Waals surface area contributed by atoms with Gasteiger partial charge >= 0.3 is 6.09 Å². The van der Waals surface area contributed by atoms with Crippen LogP contribution in [0, 0.1) is 28.4 Å². The maximum absolute atomic E-state index is 13.3. The smallest absolute Gasteiger partial charge is 0.411 e. The molecule has 1 aliphatic heterocycles. The molecule has 3 aromatic rings. The van der Waals surface area contributed by atoms with Crippen molar-refractivity contribution in [3.8, 4) is 12.3 Å². The monoisotopic (exact) mass is 608 g/mol. The average Bonchev–Trinajstić information content (AvgIpc) is 3.50. The van der Waals surface area contributed by atoms with Crippen molar-refractivity contribution in [3.05, 3.63) is 112 Å². The van der Waals surface area contributed by atoms with Crippen LogP contribution in [0.5, 0.6) is 0 Å². The fourth-order valence-corrected chi connectivity index (χ4v) is 6.80. The van der Waals surface area contributed by atoms with Crippen molar-refractivity contribution < 1.29 is 19.2 Å². The van der Waals surface area contributed by atoms with E-state index in [-0.39, 0.29) is 36.8 Å². The molecule has 3 aromatic carbocycles. The number of carbonyl (C=O) groups is 2. The van der Waals surface area contributed by atoms with E-state index < -0.39 is 11.0 Å². The summed E-state index contributed by atoms with van der Waals surface area (Å²) in [6.45, 7) is 2.77. The van der Waals surface area contributed by atoms with Gasteiger partial charge in [0.2, 0.25) is 0 Å². The molecule has 2 amide bonds. The Kier molecular flexibility index (Phi) is 10.5. The molecule has 9 nitrogen and oxygen atoms in total. The third-order valence-electron chi connectivity index (χ3n) is 9.28. The molecule has 2 aliphatic rings. The van der Waals surface area contributed by atoms with E-state index in [9.17, 15) is 19.7 Å². The second-order valence-electron chi connectivity index (χ2n) is 12.0. The lowest BCUT2D eigenvalue weighted by atomic mass is 9.88. The molecule has 1 saturated heterocycles. The molecule has 5 rings (SSSR count). The third-order valence-corrected chi connectivity index (χ3v) is 9.28. The number of amides is 2. The summed E-state index contributed by atoms with van der Waals surface area (Å²) in [6.07, 6.45) is 8.59. The fraction of sp³-hybridized carbons (Fsp3) is 0.389. The second kappa shape index (κ2) is 14.9. The zero-order valence-electron chi connectivity index (χ0n) is 25.7. The molecule has 0 spiro atoms. The molecule has 0 aromatic heterocycles. The summed E-state index contributed by atoms with van der Waals surface area (Å²) in [5, 5.41) is 10.9. The highest BCUT2D eigenvalue weighted by Crippen LogP contribution is 2.42. The van der Waals surface area contributed by atoms with Crippen LogP contribution in [0.3, 0.4) is 0 Å². The number of non-ortho nitro benzene ring substituents is 1. The van der Waals surface area contributed by atoms with Crippen LogP contribution in [-0.2, 0) is 11.3 Å². The van der Waals surface area contributed by atoms with Crippen molar-refractivity contribution in [1.82, 2.24) is 14.7 Å². The highest BCUT2D eigenvalue weighted by atomic mass is 16.6. The highest BCUT2D eigenvalue weighted by molar-refractivity contribution is 5.94. The molecule has 3 atom stereocenters. The number of rotatable bonds is 10. The van der Waals surface area contributed by atoms with Gasteiger partial charge in [0.1, 0.15) is 6.61 Å². The van der Waals surface area contributed by atoms with Crippen molar-refractivity contribution in [2.45, 2.75) is 50.3 Å². The molecule has 9 heteroatoms. The van der Waals surface area contributed by atoms with Crippen molar-refractivity contribution in [1.29, 1.82) is 0 Å². The number of piperidine rings is 1. The van der Waals surface area contributed by atoms with Gasteiger partial charge in [-0.05, 0) is 72.9 Å². The van der Waals surface area contributed by atoms with Crippen LogP contribution in [0.4, 0.5) is 10.5 Å². The summed E-state index contributed by atoms with van der Waals surface area (Å²) in [7, 11) is 1.93. The van der Waals surface area contributed by atoms with E-state index in [1.54, 1.807) is 17.0 Å². The predicted molar refractivity (Wildman–Crippen MR) is 173 cm³/mol. The summed E-state index contributed by atoms with van der Waals surface area (Å²) < 4.78 is 5.56. The molecule has 0 N–H and O–H groups in total. The zero-order chi connectivity index (χ0) is 31.8. The minimum Gasteiger partial charge on any atom is -0.445 e. The number of terminal acetylenes is 1. The normalized spacial score (nSPS) is 20.2. The molecule has 2 fully saturated rings. The molecule has 234 valence electrons. The van der Waals surface area contributed by atoms with Gasteiger partial charge < -0.3 is 14.5 Å². The number of nitro groups is 1. The van der Waals surface area contributed by atoms with E-state index in [1.807, 2.05) is 48.3 Å². The Bertz CT molecular complexity index is 1480. The summed E-state index contributed by atoms with van der Waals surface area (Å²) in [5.74, 6) is 3.41. The van der Waals surface area contributed by atoms with E-state index in [2.05, 4.69) is 35.1 Å². The molecule has 1 unspecified atom stereocenters. The first-order chi connectivity index (χ1) is 21.8. The van der Waals surface area contributed by atoms with Crippen molar-refractivity contribution in [2.75, 3.05) is 33.2 Å². The Morgan fingerprint density at radius 1 is 0.956 bits per heavy atom. The van der Waals surface area contributed by atoms with Gasteiger partial charge in [-0.15, -0.1) is 6.42 Å². The number of benzene rings is 3. The SMILES string of the molecule is C#CCN(C(=O)OCc1ccc([N+](=O)[O-])cc1)C1CCN(C[C@H]2CC(N(C)C(=O)c3ccccc3)C[C@@H]2c2ccccc2)CC1. The molecule has 45 heavy (non-hydrogen) atoms. The van der Waals surface area contributed by atoms with E-state index >= 15 is 0 Å². The summed E-state index contributed by atoms with van der Waals surface area (Å²) in [5.41, 5.74) is 2.69. The molecule has 1 heterocycles. The highest BCUT2D eigenvalue weighted by Gasteiger charge is 2.40. The van der Waals surface area contributed by atoms with E-state index in [0.29, 0.717) is 23.0 Å². The lowest BCUT2D eigenvalue weighted by molar-refractivity contribution is -0.384. The van der Waals surface area contributed by atoms with Gasteiger partial charge in [0, 0.05) is 56.5 Å². The summed E-state index contributed by atoms with van der Waals surface area (Å²) >= 11 is 0. The van der Waals surface area contributed by atoms with Crippen LogP contribution in [-0.4, -0.2) is 76.9 Å². The van der Waals surface area contributed by atoms with Crippen LogP contribution in [0.15, 0.2) is 84.9 Å². The Morgan fingerprint density at radius 2 is 1.60 bits per heavy atom. The third kappa shape index (κ3) is 7.89. The minimum atomic E-state index is -0.473. The number of hydrogen-bond acceptors (Lipinski definition) is 6. The number of ether oxygens (including phenoxy) is 1. The fourth-order valence-electron chi connectivity index (χ4n) is 6.80. The van der Waals surface area contributed by atoms with Gasteiger partial charge in [0.05, 0.1) is 11.5 Å². The average molecular weight is 609 g/mol. The lowest BCUT2D eigenvalue weighted by Gasteiger charge is -2.38. The Morgan fingerprint density at radius 3 is 2.22 bits per heavy atom. The number of carbonyl (C=O) groups excluding carboxylic acids is 2. The molecule has 1 aliphatic carbocycles. The van der Waals surface area contributed by atoms with Crippen molar-refractivity contribution in [3.63, 3.8) is 0 Å². The van der Waals surface area contributed by atoms with Gasteiger partial charge in [0.25, 0.3) is 11.6 Å². The maximum Gasteiger partial charge on any atom is 0.411 e. The van der Waals surface area contributed by atoms with Crippen LogP contribution >= 0.6 is 0 Å². The number of nitrogens with zero attached hydrogens (tertiary/aromatic N) is 4. The van der Waals surface area contributed by atoms with Gasteiger partial charge in [0.15, 0.2) is 0 Å². The summed E-state index contributed by atoms with van der Waals surface area (Å²) in [6, 6.07) is 26.2. The first-order valence-electron chi connectivity index (χ1n) is 15.5. The summed E-state index contributed by atoms with van der Waals surface area (Å²) in [4.78, 5) is 42.8. The Labute approximate surface area is 264 Å². The Balaban J connectivity index is 1.18. The topological polar surface area (TPSA) is 96.2 Å². The maximum atomic E-state index is 13.3. The zero-order valence-corrected chi connectivity index (χ0v) is 25.7. The number of nitro benzene ring substituents is 1. The van der Waals surface area contributed by atoms with E-state index in [1.165, 1.54) is 17.7 Å². The minimum absolute atomic E-state index is 0.0123. The first-order valence-corrected chi connectivity index (χ1v) is 15.5. The van der Waals surface area contributed by atoms with Gasteiger partial charge in [-0.1, -0.05) is 54.5 Å². The Hall–Kier alpha value is -4.68. The largest absolute Gasteiger partial charge is 0.445 e. The lowest BCUT2D eigenvalue weighted by Crippen LogP contribution is -2.48. The van der Waals surface area contributed by atoms with Gasteiger partial charge in [-0.3, -0.25) is 19.8 Å². The van der Waals surface area contributed by atoms with Gasteiger partial charge in [-0.2, -0.15) is 0 Å². The van der Waals surface area contributed by atoms with Crippen LogP contribution < -0.4 is 0 Å². The predicted octanol–water partition coefficient (Wildman–Crippen LogP) is 5.97. The number of hydrogen-bond donors (Lipinski definition) is 0. The first kappa shape index (κ1) is 31.7. The molecule has 1 saturated carbocycles. The van der Waals surface area contributed by atoms with Gasteiger partial charge in [-0.25, -0.2) is 4.79 Å². The van der Waals surface area contributed by atoms with E-state index in [4.69, 9.17) is 11.2 Å². The standard InChI is InChI=1S/C36H40N4O5/c1-3-20-39(36(42)45-26-27-14-16-32(17-15-27)40(43)44)31-18-21-38(22-19-31)25-30-23-33(24-34(30)28-10-6-4-7-11-28)37(2)35(41)29-12-8-5-9-13-29/h1,4-17,30-31,33-34H,18-26H2,2H3/t30-,33?,34-/m1/s1. The van der Waals surface area contributed by atoms with E-state index in [0.717, 1.165) is 45.3 Å². The second-order valence-corrected chi connectivity index (χ2v) is 12.0. The van der Waals surface area contributed by atoms with Crippen molar-refractivity contribution >= 4 is 17.7 Å². The molecular weight excluding hydrogens is 568 g/mol. The molecule has 0 radical (unpaired) electrons. The molecular formula is C36H40N4O5. The number of likely N-dealkylation sites (tertiary alicyclic amines) is 1. The molecule has 0 bridgehead atoms.